The standard InChI is InChI=1S/C22H22N4O5S2/c27-22(25-12-10-24(11-13-25)16-20-4-2-14-32-20)17-6-8-18(9-7-17)23-33(30,31)21-5-1-3-19(15-21)26(28)29/h1-9,14-15,23H,10-13,16H2. The summed E-state index contributed by atoms with van der Waals surface area (Å²) in [4.78, 5) is 28.3. The molecule has 1 fully saturated rings. The van der Waals surface area contributed by atoms with Crippen molar-refractivity contribution in [1.82, 2.24) is 9.80 Å². The summed E-state index contributed by atoms with van der Waals surface area (Å²) in [6, 6.07) is 15.1. The highest BCUT2D eigenvalue weighted by atomic mass is 32.2. The van der Waals surface area contributed by atoms with Crippen LogP contribution in [-0.4, -0.2) is 55.2 Å². The van der Waals surface area contributed by atoms with Crippen LogP contribution in [0, 0.1) is 10.1 Å². The van der Waals surface area contributed by atoms with Gasteiger partial charge in [0.15, 0.2) is 0 Å². The lowest BCUT2D eigenvalue weighted by atomic mass is 10.1. The minimum absolute atomic E-state index is 0.0983. The quantitative estimate of drug-likeness (QED) is 0.404. The van der Waals surface area contributed by atoms with Gasteiger partial charge in [-0.15, -0.1) is 11.3 Å². The molecule has 1 saturated heterocycles. The number of nitrogens with zero attached hydrogens (tertiary/aromatic N) is 3. The van der Waals surface area contributed by atoms with Gasteiger partial charge in [0, 0.05) is 61.0 Å². The van der Waals surface area contributed by atoms with Crippen LogP contribution in [-0.2, 0) is 16.6 Å². The van der Waals surface area contributed by atoms with E-state index in [9.17, 15) is 23.3 Å². The van der Waals surface area contributed by atoms with Crippen molar-refractivity contribution in [3.63, 3.8) is 0 Å². The van der Waals surface area contributed by atoms with E-state index in [1.165, 1.54) is 35.2 Å². The Kier molecular flexibility index (Phi) is 6.72. The van der Waals surface area contributed by atoms with Crippen LogP contribution in [0.15, 0.2) is 70.9 Å². The molecule has 1 aliphatic heterocycles. The third-order valence-electron chi connectivity index (χ3n) is 5.34. The highest BCUT2D eigenvalue weighted by Gasteiger charge is 2.23. The summed E-state index contributed by atoms with van der Waals surface area (Å²) < 4.78 is 27.5. The number of carbonyl (C=O) groups is 1. The van der Waals surface area contributed by atoms with E-state index >= 15 is 0 Å². The third-order valence-corrected chi connectivity index (χ3v) is 7.58. The highest BCUT2D eigenvalue weighted by molar-refractivity contribution is 7.92. The first-order valence-corrected chi connectivity index (χ1v) is 12.6. The second-order valence-corrected chi connectivity index (χ2v) is 10.3. The third kappa shape index (κ3) is 5.56. The second kappa shape index (κ2) is 9.69. The average Bonchev–Trinajstić information content (AvgIpc) is 3.32. The van der Waals surface area contributed by atoms with Gasteiger partial charge in [0.1, 0.15) is 0 Å². The van der Waals surface area contributed by atoms with Crippen molar-refractivity contribution < 1.29 is 18.1 Å². The molecule has 0 unspecified atom stereocenters. The number of amides is 1. The van der Waals surface area contributed by atoms with Crippen molar-refractivity contribution in [2.45, 2.75) is 11.4 Å². The SMILES string of the molecule is O=C(c1ccc(NS(=O)(=O)c2cccc([N+](=O)[O-])c2)cc1)N1CCN(Cc2cccs2)CC1. The van der Waals surface area contributed by atoms with Crippen LogP contribution in [0.5, 0.6) is 0 Å². The number of nitrogens with one attached hydrogen (secondary N) is 1. The van der Waals surface area contributed by atoms with Gasteiger partial charge in [-0.25, -0.2) is 8.42 Å². The number of carbonyl (C=O) groups excluding carboxylic acids is 1. The second-order valence-electron chi connectivity index (χ2n) is 7.59. The Morgan fingerprint density at radius 3 is 2.39 bits per heavy atom. The zero-order valence-corrected chi connectivity index (χ0v) is 19.2. The number of non-ortho nitro benzene ring substituents is 1. The minimum atomic E-state index is -4.01. The number of nitro groups is 1. The Labute approximate surface area is 195 Å². The number of hydrogen-bond acceptors (Lipinski definition) is 7. The molecule has 0 aliphatic carbocycles. The van der Waals surface area contributed by atoms with Crippen molar-refractivity contribution in [3.8, 4) is 0 Å². The lowest BCUT2D eigenvalue weighted by Gasteiger charge is -2.34. The Balaban J connectivity index is 1.36. The minimum Gasteiger partial charge on any atom is -0.336 e. The van der Waals surface area contributed by atoms with Crippen LogP contribution < -0.4 is 4.72 Å². The van der Waals surface area contributed by atoms with Gasteiger partial charge in [-0.2, -0.15) is 0 Å². The Morgan fingerprint density at radius 2 is 1.76 bits per heavy atom. The van der Waals surface area contributed by atoms with Gasteiger partial charge in [-0.1, -0.05) is 12.1 Å². The van der Waals surface area contributed by atoms with E-state index in [-0.39, 0.29) is 22.2 Å². The molecule has 1 amide bonds. The number of rotatable bonds is 7. The average molecular weight is 487 g/mol. The van der Waals surface area contributed by atoms with Crippen LogP contribution in [0.1, 0.15) is 15.2 Å². The fourth-order valence-electron chi connectivity index (χ4n) is 3.57. The van der Waals surface area contributed by atoms with Gasteiger partial charge in [-0.3, -0.25) is 24.5 Å². The van der Waals surface area contributed by atoms with Crippen molar-refractivity contribution in [2.75, 3.05) is 30.9 Å². The van der Waals surface area contributed by atoms with E-state index in [0.717, 1.165) is 25.7 Å². The van der Waals surface area contributed by atoms with Crippen LogP contribution in [0.4, 0.5) is 11.4 Å². The summed E-state index contributed by atoms with van der Waals surface area (Å²) in [6.07, 6.45) is 0. The van der Waals surface area contributed by atoms with Gasteiger partial charge < -0.3 is 4.90 Å². The summed E-state index contributed by atoms with van der Waals surface area (Å²) >= 11 is 1.73. The molecule has 4 rings (SSSR count). The summed E-state index contributed by atoms with van der Waals surface area (Å²) in [6.45, 7) is 3.74. The van der Waals surface area contributed by atoms with Gasteiger partial charge in [-0.05, 0) is 41.8 Å². The van der Waals surface area contributed by atoms with Crippen molar-refractivity contribution in [3.05, 3.63) is 86.6 Å². The lowest BCUT2D eigenvalue weighted by Crippen LogP contribution is -2.48. The fourth-order valence-corrected chi connectivity index (χ4v) is 5.42. The largest absolute Gasteiger partial charge is 0.336 e. The molecule has 33 heavy (non-hydrogen) atoms. The van der Waals surface area contributed by atoms with Gasteiger partial charge in [0.25, 0.3) is 21.6 Å². The normalized spacial score (nSPS) is 14.7. The topological polar surface area (TPSA) is 113 Å². The Morgan fingerprint density at radius 1 is 1.03 bits per heavy atom. The lowest BCUT2D eigenvalue weighted by molar-refractivity contribution is -0.385. The summed E-state index contributed by atoms with van der Waals surface area (Å²) in [5, 5.41) is 13.0. The maximum Gasteiger partial charge on any atom is 0.270 e. The molecule has 0 bridgehead atoms. The van der Waals surface area contributed by atoms with Crippen molar-refractivity contribution in [2.24, 2.45) is 0 Å². The molecule has 0 radical (unpaired) electrons. The number of thiophene rings is 1. The number of sulfonamides is 1. The molecular formula is C22H22N4O5S2. The van der Waals surface area contributed by atoms with E-state index in [0.29, 0.717) is 18.7 Å². The summed E-state index contributed by atoms with van der Waals surface area (Å²) in [7, 11) is -4.01. The molecule has 0 atom stereocenters. The maximum atomic E-state index is 12.8. The van der Waals surface area contributed by atoms with Crippen molar-refractivity contribution in [1.29, 1.82) is 0 Å². The van der Waals surface area contributed by atoms with Crippen LogP contribution in [0.25, 0.3) is 0 Å². The molecular weight excluding hydrogens is 464 g/mol. The van der Waals surface area contributed by atoms with E-state index < -0.39 is 14.9 Å². The first-order chi connectivity index (χ1) is 15.8. The maximum absolute atomic E-state index is 12.8. The Hall–Kier alpha value is -3.28. The number of hydrogen-bond donors (Lipinski definition) is 1. The molecule has 1 aromatic heterocycles. The molecule has 2 heterocycles. The molecule has 2 aromatic carbocycles. The first-order valence-electron chi connectivity index (χ1n) is 10.2. The number of piperazine rings is 1. The zero-order chi connectivity index (χ0) is 23.4. The molecule has 11 heteroatoms. The molecule has 1 N–H and O–H groups in total. The molecule has 172 valence electrons. The zero-order valence-electron chi connectivity index (χ0n) is 17.6. The van der Waals surface area contributed by atoms with Crippen LogP contribution in [0.3, 0.4) is 0 Å². The number of nitro benzene ring substituents is 1. The van der Waals surface area contributed by atoms with E-state index in [4.69, 9.17) is 0 Å². The van der Waals surface area contributed by atoms with Crippen molar-refractivity contribution >= 4 is 38.6 Å². The van der Waals surface area contributed by atoms with E-state index in [1.807, 2.05) is 6.07 Å². The van der Waals surface area contributed by atoms with Crippen LogP contribution >= 0.6 is 11.3 Å². The summed E-state index contributed by atoms with van der Waals surface area (Å²) in [5.74, 6) is -0.0983. The predicted molar refractivity (Wildman–Crippen MR) is 126 cm³/mol. The summed E-state index contributed by atoms with van der Waals surface area (Å²) in [5.41, 5.74) is 0.424. The Bertz CT molecular complexity index is 1240. The van der Waals surface area contributed by atoms with Gasteiger partial charge >= 0.3 is 0 Å². The number of anilines is 1. The van der Waals surface area contributed by atoms with Gasteiger partial charge in [0.05, 0.1) is 9.82 Å². The predicted octanol–water partition coefficient (Wildman–Crippen LogP) is 3.42. The van der Waals surface area contributed by atoms with Crippen LogP contribution in [0.2, 0.25) is 0 Å². The molecule has 3 aromatic rings. The highest BCUT2D eigenvalue weighted by Crippen LogP contribution is 2.21. The molecule has 0 saturated carbocycles. The monoisotopic (exact) mass is 486 g/mol. The fraction of sp³-hybridized carbons (Fsp3) is 0.227. The molecule has 9 nitrogen and oxygen atoms in total. The van der Waals surface area contributed by atoms with Gasteiger partial charge in [0.2, 0.25) is 0 Å². The smallest absolute Gasteiger partial charge is 0.270 e. The number of benzene rings is 2. The van der Waals surface area contributed by atoms with E-state index in [1.54, 1.807) is 28.4 Å². The molecule has 0 spiro atoms. The van der Waals surface area contributed by atoms with E-state index in [2.05, 4.69) is 21.1 Å². The first kappa shape index (κ1) is 22.9. The molecule has 1 aliphatic rings.